The summed E-state index contributed by atoms with van der Waals surface area (Å²) in [4.78, 5) is 26.1. The molecule has 3 aromatic rings. The highest BCUT2D eigenvalue weighted by Gasteiger charge is 2.22. The van der Waals surface area contributed by atoms with E-state index in [1.54, 1.807) is 18.5 Å². The Morgan fingerprint density at radius 3 is 2.69 bits per heavy atom. The van der Waals surface area contributed by atoms with Crippen LogP contribution >= 0.6 is 0 Å². The van der Waals surface area contributed by atoms with Crippen LogP contribution in [0.5, 0.6) is 0 Å². The van der Waals surface area contributed by atoms with Crippen molar-refractivity contribution < 1.29 is 9.90 Å². The van der Waals surface area contributed by atoms with Crippen molar-refractivity contribution in [1.82, 2.24) is 19.1 Å². The second-order valence-corrected chi connectivity index (χ2v) is 6.64. The largest absolute Gasteiger partial charge is 0.477 e. The lowest BCUT2D eigenvalue weighted by Crippen LogP contribution is -2.35. The first-order valence-electron chi connectivity index (χ1n) is 8.71. The molecule has 1 fully saturated rings. The molecule has 134 valence electrons. The SMILES string of the molecule is O=C(O)c1cc(CN2CCC(n3cccn3)CC2)c2ccccn2c1=O. The Hall–Kier alpha value is -2.93. The third kappa shape index (κ3) is 3.01. The van der Waals surface area contributed by atoms with E-state index in [-0.39, 0.29) is 5.56 Å². The molecule has 0 aliphatic carbocycles. The van der Waals surface area contributed by atoms with Crippen LogP contribution in [-0.2, 0) is 6.54 Å². The molecule has 1 saturated heterocycles. The fourth-order valence-corrected chi connectivity index (χ4v) is 3.68. The Kier molecular flexibility index (Phi) is 4.30. The maximum Gasteiger partial charge on any atom is 0.341 e. The number of carboxylic acid groups (broad SMARTS) is 1. The van der Waals surface area contributed by atoms with Gasteiger partial charge in [-0.3, -0.25) is 18.8 Å². The summed E-state index contributed by atoms with van der Waals surface area (Å²) in [6, 6.07) is 9.33. The quantitative estimate of drug-likeness (QED) is 0.777. The summed E-state index contributed by atoms with van der Waals surface area (Å²) in [5, 5.41) is 13.7. The summed E-state index contributed by atoms with van der Waals surface area (Å²) in [5.74, 6) is -1.19. The molecule has 0 spiro atoms. The maximum absolute atomic E-state index is 12.3. The van der Waals surface area contributed by atoms with Gasteiger partial charge in [-0.1, -0.05) is 6.07 Å². The molecule has 1 aliphatic rings. The van der Waals surface area contributed by atoms with Gasteiger partial charge < -0.3 is 5.11 Å². The monoisotopic (exact) mass is 352 g/mol. The van der Waals surface area contributed by atoms with Gasteiger partial charge in [0.05, 0.1) is 11.6 Å². The third-order valence-electron chi connectivity index (χ3n) is 5.04. The highest BCUT2D eigenvalue weighted by molar-refractivity contribution is 5.88. The summed E-state index contributed by atoms with van der Waals surface area (Å²) in [6.45, 7) is 2.44. The highest BCUT2D eigenvalue weighted by Crippen LogP contribution is 2.23. The molecule has 0 bridgehead atoms. The van der Waals surface area contributed by atoms with Gasteiger partial charge in [-0.15, -0.1) is 0 Å². The van der Waals surface area contributed by atoms with Crippen LogP contribution in [0.25, 0.3) is 5.52 Å². The topological polar surface area (TPSA) is 79.8 Å². The van der Waals surface area contributed by atoms with Gasteiger partial charge in [0.1, 0.15) is 5.56 Å². The van der Waals surface area contributed by atoms with Crippen LogP contribution in [-0.4, -0.2) is 43.2 Å². The van der Waals surface area contributed by atoms with Gasteiger partial charge in [0.15, 0.2) is 0 Å². The van der Waals surface area contributed by atoms with E-state index in [0.29, 0.717) is 12.6 Å². The van der Waals surface area contributed by atoms with Gasteiger partial charge in [-0.05, 0) is 42.7 Å². The zero-order chi connectivity index (χ0) is 18.1. The van der Waals surface area contributed by atoms with E-state index < -0.39 is 11.5 Å². The first-order valence-corrected chi connectivity index (χ1v) is 8.71. The number of nitrogens with zero attached hydrogens (tertiary/aromatic N) is 4. The molecule has 4 heterocycles. The molecule has 1 N–H and O–H groups in total. The lowest BCUT2D eigenvalue weighted by Gasteiger charge is -2.32. The van der Waals surface area contributed by atoms with E-state index in [0.717, 1.165) is 37.0 Å². The molecule has 4 rings (SSSR count). The third-order valence-corrected chi connectivity index (χ3v) is 5.04. The molecule has 1 aliphatic heterocycles. The number of pyridine rings is 2. The second kappa shape index (κ2) is 6.76. The van der Waals surface area contributed by atoms with Gasteiger partial charge >= 0.3 is 5.97 Å². The average molecular weight is 352 g/mol. The van der Waals surface area contributed by atoms with Gasteiger partial charge in [0.2, 0.25) is 0 Å². The Balaban J connectivity index is 1.59. The predicted molar refractivity (Wildman–Crippen MR) is 96.4 cm³/mol. The van der Waals surface area contributed by atoms with Crippen LogP contribution in [0.1, 0.15) is 34.8 Å². The Labute approximate surface area is 150 Å². The van der Waals surface area contributed by atoms with Gasteiger partial charge in [0, 0.05) is 38.2 Å². The smallest absolute Gasteiger partial charge is 0.341 e. The average Bonchev–Trinajstić information content (AvgIpc) is 3.19. The van der Waals surface area contributed by atoms with E-state index in [1.807, 2.05) is 29.1 Å². The first kappa shape index (κ1) is 16.5. The summed E-state index contributed by atoms with van der Waals surface area (Å²) in [7, 11) is 0. The van der Waals surface area contributed by atoms with Crippen molar-refractivity contribution in [2.24, 2.45) is 0 Å². The van der Waals surface area contributed by atoms with Gasteiger partial charge in [-0.25, -0.2) is 4.79 Å². The Morgan fingerprint density at radius 2 is 2.00 bits per heavy atom. The molecule has 7 nitrogen and oxygen atoms in total. The molecule has 7 heteroatoms. The summed E-state index contributed by atoms with van der Waals surface area (Å²) in [5.41, 5.74) is 0.946. The van der Waals surface area contributed by atoms with Crippen molar-refractivity contribution in [3.8, 4) is 0 Å². The Morgan fingerprint density at radius 1 is 1.19 bits per heavy atom. The first-order chi connectivity index (χ1) is 12.6. The van der Waals surface area contributed by atoms with E-state index in [4.69, 9.17) is 0 Å². The molecule has 0 saturated carbocycles. The second-order valence-electron chi connectivity index (χ2n) is 6.64. The van der Waals surface area contributed by atoms with Gasteiger partial charge in [-0.2, -0.15) is 5.10 Å². The highest BCUT2D eigenvalue weighted by atomic mass is 16.4. The number of aromatic carboxylic acids is 1. The molecule has 0 atom stereocenters. The summed E-state index contributed by atoms with van der Waals surface area (Å²) < 4.78 is 3.44. The fourth-order valence-electron chi connectivity index (χ4n) is 3.68. The number of carbonyl (C=O) groups is 1. The number of piperidine rings is 1. The molecule has 0 unspecified atom stereocenters. The molecule has 0 amide bonds. The summed E-state index contributed by atoms with van der Waals surface area (Å²) >= 11 is 0. The van der Waals surface area contributed by atoms with E-state index in [9.17, 15) is 14.7 Å². The van der Waals surface area contributed by atoms with Crippen LogP contribution in [0.2, 0.25) is 0 Å². The lowest BCUT2D eigenvalue weighted by molar-refractivity contribution is 0.0694. The zero-order valence-corrected chi connectivity index (χ0v) is 14.3. The number of carboxylic acids is 1. The van der Waals surface area contributed by atoms with Crippen molar-refractivity contribution in [3.63, 3.8) is 0 Å². The van der Waals surface area contributed by atoms with Crippen molar-refractivity contribution >= 4 is 11.5 Å². The molecule has 0 radical (unpaired) electrons. The lowest BCUT2D eigenvalue weighted by atomic mass is 10.0. The number of hydrogen-bond acceptors (Lipinski definition) is 4. The number of fused-ring (bicyclic) bond motifs is 1. The standard InChI is InChI=1S/C19H20N4O3/c24-18-16(19(25)26)12-14(17-4-1-2-8-22(17)18)13-21-10-5-15(6-11-21)23-9-3-7-20-23/h1-4,7-9,12,15H,5-6,10-11,13H2,(H,25,26). The molecule has 3 aromatic heterocycles. The van der Waals surface area contributed by atoms with Crippen molar-refractivity contribution in [3.05, 3.63) is 70.4 Å². The number of rotatable bonds is 4. The van der Waals surface area contributed by atoms with Crippen LogP contribution in [0.3, 0.4) is 0 Å². The van der Waals surface area contributed by atoms with Crippen molar-refractivity contribution in [2.45, 2.75) is 25.4 Å². The molecular formula is C19H20N4O3. The van der Waals surface area contributed by atoms with Gasteiger partial charge in [0.25, 0.3) is 5.56 Å². The minimum atomic E-state index is -1.19. The fraction of sp³-hybridized carbons (Fsp3) is 0.316. The summed E-state index contributed by atoms with van der Waals surface area (Å²) in [6.07, 6.45) is 7.41. The Bertz CT molecular complexity index is 986. The van der Waals surface area contributed by atoms with Crippen LogP contribution in [0.4, 0.5) is 0 Å². The van der Waals surface area contributed by atoms with E-state index in [1.165, 1.54) is 10.5 Å². The van der Waals surface area contributed by atoms with E-state index in [2.05, 4.69) is 10.00 Å². The molecule has 0 aromatic carbocycles. The zero-order valence-electron chi connectivity index (χ0n) is 14.3. The van der Waals surface area contributed by atoms with E-state index >= 15 is 0 Å². The van der Waals surface area contributed by atoms with Crippen molar-refractivity contribution in [2.75, 3.05) is 13.1 Å². The minimum Gasteiger partial charge on any atom is -0.477 e. The maximum atomic E-state index is 12.3. The molecule has 26 heavy (non-hydrogen) atoms. The number of hydrogen-bond donors (Lipinski definition) is 1. The molecular weight excluding hydrogens is 332 g/mol. The normalized spacial score (nSPS) is 16.2. The number of likely N-dealkylation sites (tertiary alicyclic amines) is 1. The van der Waals surface area contributed by atoms with Crippen LogP contribution < -0.4 is 5.56 Å². The van der Waals surface area contributed by atoms with Crippen LogP contribution in [0.15, 0.2) is 53.7 Å². The predicted octanol–water partition coefficient (Wildman–Crippen LogP) is 2.03. The number of aromatic nitrogens is 3. The minimum absolute atomic E-state index is 0.185. The van der Waals surface area contributed by atoms with Crippen molar-refractivity contribution in [1.29, 1.82) is 0 Å². The van der Waals surface area contributed by atoms with Crippen LogP contribution in [0, 0.1) is 0 Å².